The molecule has 2 rings (SSSR count). The van der Waals surface area contributed by atoms with Gasteiger partial charge in [0, 0.05) is 5.56 Å². The van der Waals surface area contributed by atoms with Crippen LogP contribution in [0, 0.1) is 20.8 Å². The smallest absolute Gasteiger partial charge is 0.186 e. The molecule has 0 aliphatic rings. The first-order valence-electron chi connectivity index (χ1n) is 7.68. The summed E-state index contributed by atoms with van der Waals surface area (Å²) >= 11 is 0. The Balaban J connectivity index is 2.32. The van der Waals surface area contributed by atoms with Crippen molar-refractivity contribution in [2.75, 3.05) is 0 Å². The van der Waals surface area contributed by atoms with Crippen molar-refractivity contribution in [1.29, 1.82) is 0 Å². The molecule has 0 amide bonds. The van der Waals surface area contributed by atoms with E-state index >= 15 is 0 Å². The van der Waals surface area contributed by atoms with E-state index in [4.69, 9.17) is 0 Å². The predicted molar refractivity (Wildman–Crippen MR) is 98.1 cm³/mol. The summed E-state index contributed by atoms with van der Waals surface area (Å²) in [5.41, 5.74) is 5.94. The molecular formula is C20H25OP. The molecule has 0 aromatic heterocycles. The lowest BCUT2D eigenvalue weighted by Gasteiger charge is -2.22. The molecule has 2 aromatic carbocycles. The first kappa shape index (κ1) is 16.9. The van der Waals surface area contributed by atoms with Crippen molar-refractivity contribution in [3.8, 4) is 0 Å². The molecule has 1 nitrogen and oxygen atoms in total. The van der Waals surface area contributed by atoms with E-state index in [0.29, 0.717) is 0 Å². The molecule has 0 saturated carbocycles. The second kappa shape index (κ2) is 6.34. The van der Waals surface area contributed by atoms with Crippen LogP contribution in [0.1, 0.15) is 53.4 Å². The summed E-state index contributed by atoms with van der Waals surface area (Å²) in [6.07, 6.45) is 0. The van der Waals surface area contributed by atoms with E-state index in [1.54, 1.807) is 0 Å². The quantitative estimate of drug-likeness (QED) is 0.725. The molecule has 2 heteroatoms. The van der Waals surface area contributed by atoms with Gasteiger partial charge in [0.2, 0.25) is 0 Å². The third-order valence-corrected chi connectivity index (χ3v) is 5.03. The van der Waals surface area contributed by atoms with E-state index in [9.17, 15) is 4.79 Å². The van der Waals surface area contributed by atoms with Crippen molar-refractivity contribution < 1.29 is 4.79 Å². The lowest BCUT2D eigenvalue weighted by atomic mass is 9.84. The summed E-state index contributed by atoms with van der Waals surface area (Å²) in [7, 11) is 0.189. The van der Waals surface area contributed by atoms with E-state index in [-0.39, 0.29) is 19.5 Å². The van der Waals surface area contributed by atoms with Gasteiger partial charge in [0.05, 0.1) is 0 Å². The summed E-state index contributed by atoms with van der Waals surface area (Å²) in [4.78, 5) is 12.7. The third kappa shape index (κ3) is 3.84. The number of hydrogen-bond acceptors (Lipinski definition) is 1. The van der Waals surface area contributed by atoms with Gasteiger partial charge in [-0.2, -0.15) is 0 Å². The molecule has 0 fully saturated rings. The molecule has 0 heterocycles. The zero-order valence-corrected chi connectivity index (χ0v) is 15.4. The van der Waals surface area contributed by atoms with Crippen molar-refractivity contribution in [2.45, 2.75) is 47.0 Å². The molecule has 0 aliphatic heterocycles. The van der Waals surface area contributed by atoms with Gasteiger partial charge in [-0.3, -0.25) is 4.79 Å². The Kier molecular flexibility index (Phi) is 4.87. The molecule has 0 bridgehead atoms. The standard InChI is InChI=1S/C20H25OP/c1-13-7-9-17(10-8-13)22-19(21)18-14(2)11-16(12-15(18)3)20(4,5)6/h7-12,22H,1-6H3. The van der Waals surface area contributed by atoms with Crippen molar-refractivity contribution >= 4 is 19.4 Å². The maximum atomic E-state index is 12.7. The number of rotatable bonds is 3. The van der Waals surface area contributed by atoms with Crippen LogP contribution in [0.2, 0.25) is 0 Å². The number of hydrogen-bond donors (Lipinski definition) is 0. The Morgan fingerprint density at radius 3 is 1.86 bits per heavy atom. The van der Waals surface area contributed by atoms with Crippen LogP contribution in [0.25, 0.3) is 0 Å². The minimum atomic E-state index is 0.107. The van der Waals surface area contributed by atoms with Crippen LogP contribution < -0.4 is 5.30 Å². The van der Waals surface area contributed by atoms with Crippen LogP contribution in [0.4, 0.5) is 0 Å². The van der Waals surface area contributed by atoms with Crippen LogP contribution in [-0.2, 0) is 5.41 Å². The summed E-state index contributed by atoms with van der Waals surface area (Å²) in [5, 5.41) is 1.11. The Bertz CT molecular complexity index is 668. The van der Waals surface area contributed by atoms with Crippen molar-refractivity contribution in [3.05, 3.63) is 64.2 Å². The van der Waals surface area contributed by atoms with E-state index in [2.05, 4.69) is 77.9 Å². The Labute approximate surface area is 135 Å². The fraction of sp³-hybridized carbons (Fsp3) is 0.350. The van der Waals surface area contributed by atoms with Crippen molar-refractivity contribution in [1.82, 2.24) is 0 Å². The number of carbonyl (C=O) groups is 1. The van der Waals surface area contributed by atoms with Gasteiger partial charge < -0.3 is 0 Å². The van der Waals surface area contributed by atoms with E-state index in [0.717, 1.165) is 22.0 Å². The molecule has 0 radical (unpaired) electrons. The molecule has 0 aliphatic carbocycles. The van der Waals surface area contributed by atoms with Gasteiger partial charge in [0.15, 0.2) is 5.52 Å². The largest absolute Gasteiger partial charge is 0.289 e. The van der Waals surface area contributed by atoms with E-state index < -0.39 is 0 Å². The highest BCUT2D eigenvalue weighted by Crippen LogP contribution is 2.30. The lowest BCUT2D eigenvalue weighted by molar-refractivity contribution is 0.108. The average molecular weight is 312 g/mol. The Morgan fingerprint density at radius 1 is 0.909 bits per heavy atom. The van der Waals surface area contributed by atoms with Crippen molar-refractivity contribution in [2.24, 2.45) is 0 Å². The van der Waals surface area contributed by atoms with Crippen LogP contribution in [0.3, 0.4) is 0 Å². The minimum Gasteiger partial charge on any atom is -0.289 e. The monoisotopic (exact) mass is 312 g/mol. The molecule has 0 N–H and O–H groups in total. The van der Waals surface area contributed by atoms with Crippen molar-refractivity contribution in [3.63, 3.8) is 0 Å². The first-order chi connectivity index (χ1) is 10.2. The Morgan fingerprint density at radius 2 is 1.41 bits per heavy atom. The van der Waals surface area contributed by atoms with Gasteiger partial charge in [-0.05, 0) is 56.8 Å². The van der Waals surface area contributed by atoms with E-state index in [1.807, 2.05) is 0 Å². The predicted octanol–water partition coefficient (Wildman–Crippen LogP) is 5.05. The van der Waals surface area contributed by atoms with Gasteiger partial charge in [0.25, 0.3) is 0 Å². The average Bonchev–Trinajstić information content (AvgIpc) is 2.39. The summed E-state index contributed by atoms with van der Waals surface area (Å²) < 4.78 is 0. The molecule has 2 aromatic rings. The summed E-state index contributed by atoms with van der Waals surface area (Å²) in [5.74, 6) is 0. The highest BCUT2D eigenvalue weighted by molar-refractivity contribution is 7.66. The van der Waals surface area contributed by atoms with Crippen LogP contribution >= 0.6 is 8.58 Å². The normalized spacial score (nSPS) is 12.1. The SMILES string of the molecule is Cc1ccc(PC(=O)c2c(C)cc(C(C)(C)C)cc2C)cc1. The Hall–Kier alpha value is -1.46. The van der Waals surface area contributed by atoms with Gasteiger partial charge in [-0.25, -0.2) is 0 Å². The van der Waals surface area contributed by atoms with Gasteiger partial charge >= 0.3 is 0 Å². The topological polar surface area (TPSA) is 17.1 Å². The summed E-state index contributed by atoms with van der Waals surface area (Å²) in [6.45, 7) is 12.8. The second-order valence-corrected chi connectivity index (χ2v) is 8.34. The number of carbonyl (C=O) groups excluding carboxylic acids is 1. The van der Waals surface area contributed by atoms with Crippen LogP contribution in [0.5, 0.6) is 0 Å². The van der Waals surface area contributed by atoms with Crippen LogP contribution in [-0.4, -0.2) is 5.52 Å². The molecule has 0 saturated heterocycles. The highest BCUT2D eigenvalue weighted by Gasteiger charge is 2.19. The van der Waals surface area contributed by atoms with Gasteiger partial charge in [-0.15, -0.1) is 0 Å². The zero-order chi connectivity index (χ0) is 16.5. The molecule has 0 spiro atoms. The first-order valence-corrected chi connectivity index (χ1v) is 8.68. The van der Waals surface area contributed by atoms with E-state index in [1.165, 1.54) is 11.1 Å². The minimum absolute atomic E-state index is 0.107. The van der Waals surface area contributed by atoms with Gasteiger partial charge in [0.1, 0.15) is 0 Å². The van der Waals surface area contributed by atoms with Gasteiger partial charge in [-0.1, -0.05) is 62.7 Å². The highest BCUT2D eigenvalue weighted by atomic mass is 31.1. The van der Waals surface area contributed by atoms with Crippen LogP contribution in [0.15, 0.2) is 36.4 Å². The molecule has 1 atom stereocenters. The zero-order valence-electron chi connectivity index (χ0n) is 14.4. The molecule has 116 valence electrons. The maximum Gasteiger partial charge on any atom is 0.186 e. The molecule has 22 heavy (non-hydrogen) atoms. The fourth-order valence-corrected chi connectivity index (χ4v) is 3.70. The summed E-state index contributed by atoms with van der Waals surface area (Å²) in [6, 6.07) is 12.6. The lowest BCUT2D eigenvalue weighted by Crippen LogP contribution is -2.13. The number of aryl methyl sites for hydroxylation is 3. The second-order valence-electron chi connectivity index (χ2n) is 7.06. The third-order valence-electron chi connectivity index (χ3n) is 3.94. The number of benzene rings is 2. The maximum absolute atomic E-state index is 12.7. The fourth-order valence-electron chi connectivity index (χ4n) is 2.59. The molecular weight excluding hydrogens is 287 g/mol. The molecule has 1 unspecified atom stereocenters.